The van der Waals surface area contributed by atoms with E-state index in [1.807, 2.05) is 37.6 Å². The second kappa shape index (κ2) is 4.80. The van der Waals surface area contributed by atoms with Crippen LogP contribution in [-0.4, -0.2) is 22.8 Å². The highest BCUT2D eigenvalue weighted by Crippen LogP contribution is 2.35. The minimum absolute atomic E-state index is 0.793. The van der Waals surface area contributed by atoms with Gasteiger partial charge in [-0.25, -0.2) is 4.79 Å². The first-order chi connectivity index (χ1) is 8.97. The van der Waals surface area contributed by atoms with E-state index < -0.39 is 5.97 Å². The number of ether oxygens (including phenoxy) is 1. The Hall–Kier alpha value is -2.23. The van der Waals surface area contributed by atoms with Crippen LogP contribution in [0, 0.1) is 13.8 Å². The van der Waals surface area contributed by atoms with Crippen molar-refractivity contribution in [2.45, 2.75) is 13.8 Å². The van der Waals surface area contributed by atoms with Crippen molar-refractivity contribution >= 4 is 22.9 Å². The van der Waals surface area contributed by atoms with E-state index in [9.17, 15) is 4.79 Å². The van der Waals surface area contributed by atoms with Gasteiger partial charge < -0.3 is 14.4 Å². The smallest absolute Gasteiger partial charge is 0.328 e. The summed E-state index contributed by atoms with van der Waals surface area (Å²) in [6.07, 6.45) is 2.81. The molecule has 0 aliphatic rings. The van der Waals surface area contributed by atoms with Crippen LogP contribution in [0.5, 0.6) is 5.75 Å². The van der Waals surface area contributed by atoms with E-state index in [0.717, 1.165) is 33.5 Å². The molecule has 19 heavy (non-hydrogen) atoms. The monoisotopic (exact) mass is 259 g/mol. The van der Waals surface area contributed by atoms with E-state index in [2.05, 4.69) is 0 Å². The molecule has 1 aromatic heterocycles. The molecule has 0 aliphatic carbocycles. The quantitative estimate of drug-likeness (QED) is 0.862. The van der Waals surface area contributed by atoms with Crippen LogP contribution in [-0.2, 0) is 11.8 Å². The standard InChI is InChI=1S/C15H17NO3/c1-9-5-7-12(19-4)15-14(9)11(6-8-13(17)18)10(2)16(15)3/h5-8H,1-4H3,(H,17,18)/b8-6+. The number of aromatic nitrogens is 1. The molecule has 0 atom stereocenters. The highest BCUT2D eigenvalue weighted by atomic mass is 16.5. The third-order valence-electron chi connectivity index (χ3n) is 3.46. The summed E-state index contributed by atoms with van der Waals surface area (Å²) in [6, 6.07) is 3.92. The number of carboxylic acid groups (broad SMARTS) is 1. The molecule has 1 N–H and O–H groups in total. The Morgan fingerprint density at radius 1 is 1.37 bits per heavy atom. The number of carbonyl (C=O) groups is 1. The number of rotatable bonds is 3. The first-order valence-electron chi connectivity index (χ1n) is 6.01. The van der Waals surface area contributed by atoms with Crippen molar-refractivity contribution in [3.8, 4) is 5.75 Å². The largest absolute Gasteiger partial charge is 0.495 e. The molecule has 1 heterocycles. The van der Waals surface area contributed by atoms with E-state index >= 15 is 0 Å². The Kier molecular flexibility index (Phi) is 3.34. The number of aliphatic carboxylic acids is 1. The summed E-state index contributed by atoms with van der Waals surface area (Å²) in [5.74, 6) is -0.155. The summed E-state index contributed by atoms with van der Waals surface area (Å²) in [7, 11) is 3.59. The number of aryl methyl sites for hydroxylation is 2. The Labute approximate surface area is 111 Å². The highest BCUT2D eigenvalue weighted by molar-refractivity contribution is 5.99. The Morgan fingerprint density at radius 2 is 2.05 bits per heavy atom. The van der Waals surface area contributed by atoms with Crippen LogP contribution < -0.4 is 4.74 Å². The summed E-state index contributed by atoms with van der Waals surface area (Å²) < 4.78 is 7.43. The van der Waals surface area contributed by atoms with Crippen LogP contribution in [0.25, 0.3) is 17.0 Å². The zero-order chi connectivity index (χ0) is 14.2. The molecule has 4 nitrogen and oxygen atoms in total. The fourth-order valence-electron chi connectivity index (χ4n) is 2.40. The Bertz CT molecular complexity index is 680. The van der Waals surface area contributed by atoms with Gasteiger partial charge in [0.05, 0.1) is 12.6 Å². The van der Waals surface area contributed by atoms with Crippen molar-refractivity contribution in [3.05, 3.63) is 35.0 Å². The zero-order valence-corrected chi connectivity index (χ0v) is 11.5. The van der Waals surface area contributed by atoms with Gasteiger partial charge >= 0.3 is 5.97 Å². The lowest BCUT2D eigenvalue weighted by atomic mass is 10.0. The average molecular weight is 259 g/mol. The average Bonchev–Trinajstić information content (AvgIpc) is 2.62. The molecule has 0 saturated carbocycles. The summed E-state index contributed by atoms with van der Waals surface area (Å²) in [6.45, 7) is 3.99. The number of benzene rings is 1. The van der Waals surface area contributed by atoms with Crippen molar-refractivity contribution in [2.75, 3.05) is 7.11 Å². The molecule has 100 valence electrons. The van der Waals surface area contributed by atoms with Gasteiger partial charge in [-0.2, -0.15) is 0 Å². The van der Waals surface area contributed by atoms with Crippen molar-refractivity contribution in [2.24, 2.45) is 7.05 Å². The Balaban J connectivity index is 2.85. The molecule has 0 fully saturated rings. The molecular formula is C15H17NO3. The molecular weight excluding hydrogens is 242 g/mol. The number of nitrogens with zero attached hydrogens (tertiary/aromatic N) is 1. The fourth-order valence-corrected chi connectivity index (χ4v) is 2.40. The van der Waals surface area contributed by atoms with Crippen LogP contribution in [0.1, 0.15) is 16.8 Å². The Morgan fingerprint density at radius 3 is 2.63 bits per heavy atom. The molecule has 0 aliphatic heterocycles. The van der Waals surface area contributed by atoms with Crippen molar-refractivity contribution < 1.29 is 14.6 Å². The maximum Gasteiger partial charge on any atom is 0.328 e. The number of fused-ring (bicyclic) bond motifs is 1. The zero-order valence-electron chi connectivity index (χ0n) is 11.5. The van der Waals surface area contributed by atoms with E-state index in [1.54, 1.807) is 13.2 Å². The molecule has 0 amide bonds. The molecule has 0 unspecified atom stereocenters. The lowest BCUT2D eigenvalue weighted by Gasteiger charge is -2.06. The molecule has 4 heteroatoms. The second-order valence-electron chi connectivity index (χ2n) is 4.54. The lowest BCUT2D eigenvalue weighted by molar-refractivity contribution is -0.131. The van der Waals surface area contributed by atoms with E-state index in [4.69, 9.17) is 9.84 Å². The summed E-state index contributed by atoms with van der Waals surface area (Å²) in [5, 5.41) is 9.84. The van der Waals surface area contributed by atoms with E-state index in [0.29, 0.717) is 0 Å². The normalized spacial score (nSPS) is 11.4. The van der Waals surface area contributed by atoms with Crippen LogP contribution in [0.3, 0.4) is 0 Å². The van der Waals surface area contributed by atoms with Crippen LogP contribution in [0.2, 0.25) is 0 Å². The van der Waals surface area contributed by atoms with Gasteiger partial charge in [0.1, 0.15) is 5.75 Å². The molecule has 0 spiro atoms. The molecule has 0 bridgehead atoms. The first-order valence-corrected chi connectivity index (χ1v) is 6.01. The van der Waals surface area contributed by atoms with Gasteiger partial charge in [-0.1, -0.05) is 6.07 Å². The predicted molar refractivity (Wildman–Crippen MR) is 75.6 cm³/mol. The minimum atomic E-state index is -0.947. The topological polar surface area (TPSA) is 51.5 Å². The van der Waals surface area contributed by atoms with Gasteiger partial charge in [-0.05, 0) is 31.6 Å². The second-order valence-corrected chi connectivity index (χ2v) is 4.54. The van der Waals surface area contributed by atoms with Crippen molar-refractivity contribution in [1.29, 1.82) is 0 Å². The maximum absolute atomic E-state index is 10.7. The van der Waals surface area contributed by atoms with Gasteiger partial charge in [0, 0.05) is 29.8 Å². The molecule has 0 saturated heterocycles. The van der Waals surface area contributed by atoms with Gasteiger partial charge in [-0.3, -0.25) is 0 Å². The fraction of sp³-hybridized carbons (Fsp3) is 0.267. The summed E-state index contributed by atoms with van der Waals surface area (Å²) in [4.78, 5) is 10.7. The summed E-state index contributed by atoms with van der Waals surface area (Å²) in [5.41, 5.74) is 4.03. The SMILES string of the molecule is COc1ccc(C)c2c(/C=C/C(=O)O)c(C)n(C)c12. The van der Waals surface area contributed by atoms with Crippen molar-refractivity contribution in [3.63, 3.8) is 0 Å². The number of hydrogen-bond donors (Lipinski definition) is 1. The molecule has 2 rings (SSSR count). The van der Waals surface area contributed by atoms with Crippen LogP contribution in [0.4, 0.5) is 0 Å². The third-order valence-corrected chi connectivity index (χ3v) is 3.46. The lowest BCUT2D eigenvalue weighted by Crippen LogP contribution is -1.93. The van der Waals surface area contributed by atoms with E-state index in [1.165, 1.54) is 6.08 Å². The van der Waals surface area contributed by atoms with Gasteiger partial charge in [0.25, 0.3) is 0 Å². The summed E-state index contributed by atoms with van der Waals surface area (Å²) >= 11 is 0. The number of methoxy groups -OCH3 is 1. The van der Waals surface area contributed by atoms with Gasteiger partial charge in [0.15, 0.2) is 0 Å². The number of carboxylic acids is 1. The maximum atomic E-state index is 10.7. The molecule has 2 aromatic rings. The van der Waals surface area contributed by atoms with Crippen LogP contribution >= 0.6 is 0 Å². The van der Waals surface area contributed by atoms with Crippen molar-refractivity contribution in [1.82, 2.24) is 4.57 Å². The highest BCUT2D eigenvalue weighted by Gasteiger charge is 2.15. The molecule has 0 radical (unpaired) electrons. The predicted octanol–water partition coefficient (Wildman–Crippen LogP) is 2.90. The molecule has 1 aromatic carbocycles. The number of hydrogen-bond acceptors (Lipinski definition) is 2. The van der Waals surface area contributed by atoms with E-state index in [-0.39, 0.29) is 0 Å². The third kappa shape index (κ3) is 2.10. The minimum Gasteiger partial charge on any atom is -0.495 e. The van der Waals surface area contributed by atoms with Gasteiger partial charge in [-0.15, -0.1) is 0 Å². The van der Waals surface area contributed by atoms with Gasteiger partial charge in [0.2, 0.25) is 0 Å². The van der Waals surface area contributed by atoms with Crippen LogP contribution in [0.15, 0.2) is 18.2 Å². The first kappa shape index (κ1) is 13.2.